The normalized spacial score (nSPS) is 9.91. The van der Waals surface area contributed by atoms with Crippen molar-refractivity contribution in [3.63, 3.8) is 0 Å². The van der Waals surface area contributed by atoms with Crippen LogP contribution in [0.4, 0.5) is 0 Å². The van der Waals surface area contributed by atoms with Gasteiger partial charge in [0.2, 0.25) is 5.91 Å². The molecule has 0 aromatic heterocycles. The number of benzene rings is 1. The molecule has 0 unspecified atom stereocenters. The topological polar surface area (TPSA) is 46.6 Å². The predicted molar refractivity (Wildman–Crippen MR) is 90.1 cm³/mol. The minimum atomic E-state index is -0.351. The standard InChI is InChI=1S/C17H20BrNO3/c1-4-10-19(12-14-6-5-7-15(18)11-14)17(21)13(2)8-9-16(20)22-3/h4-7,11H,1-2,8-10,12H2,3H3. The van der Waals surface area contributed by atoms with E-state index in [-0.39, 0.29) is 24.7 Å². The summed E-state index contributed by atoms with van der Waals surface area (Å²) < 4.78 is 5.53. The summed E-state index contributed by atoms with van der Waals surface area (Å²) >= 11 is 3.41. The zero-order valence-corrected chi connectivity index (χ0v) is 14.3. The minimum absolute atomic E-state index is 0.153. The van der Waals surface area contributed by atoms with Crippen molar-refractivity contribution in [2.75, 3.05) is 13.7 Å². The fourth-order valence-corrected chi connectivity index (χ4v) is 2.36. The third-order valence-corrected chi connectivity index (χ3v) is 3.55. The number of rotatable bonds is 8. The molecule has 1 aromatic carbocycles. The van der Waals surface area contributed by atoms with Crippen LogP contribution < -0.4 is 0 Å². The van der Waals surface area contributed by atoms with Crippen LogP contribution in [0.15, 0.2) is 53.5 Å². The van der Waals surface area contributed by atoms with Gasteiger partial charge in [0.1, 0.15) is 0 Å². The van der Waals surface area contributed by atoms with E-state index in [0.717, 1.165) is 10.0 Å². The zero-order valence-electron chi connectivity index (χ0n) is 12.7. The Balaban J connectivity index is 2.72. The Morgan fingerprint density at radius 1 is 1.36 bits per heavy atom. The molecule has 0 saturated heterocycles. The number of ether oxygens (including phenoxy) is 1. The smallest absolute Gasteiger partial charge is 0.305 e. The number of nitrogens with zero attached hydrogens (tertiary/aromatic N) is 1. The maximum absolute atomic E-state index is 12.4. The molecule has 118 valence electrons. The number of amides is 1. The van der Waals surface area contributed by atoms with Crippen molar-refractivity contribution in [1.82, 2.24) is 4.90 Å². The van der Waals surface area contributed by atoms with Gasteiger partial charge in [-0.1, -0.05) is 40.7 Å². The maximum atomic E-state index is 12.4. The summed E-state index contributed by atoms with van der Waals surface area (Å²) in [5.41, 5.74) is 1.40. The van der Waals surface area contributed by atoms with E-state index in [0.29, 0.717) is 18.7 Å². The van der Waals surface area contributed by atoms with Gasteiger partial charge in [-0.05, 0) is 24.1 Å². The van der Waals surface area contributed by atoms with Crippen LogP contribution >= 0.6 is 15.9 Å². The van der Waals surface area contributed by atoms with Crippen molar-refractivity contribution in [2.24, 2.45) is 0 Å². The summed E-state index contributed by atoms with van der Waals surface area (Å²) in [6.07, 6.45) is 2.11. The van der Waals surface area contributed by atoms with Crippen molar-refractivity contribution < 1.29 is 14.3 Å². The van der Waals surface area contributed by atoms with Crippen LogP contribution in [0.3, 0.4) is 0 Å². The molecular weight excluding hydrogens is 346 g/mol. The van der Waals surface area contributed by atoms with Crippen LogP contribution in [-0.2, 0) is 20.9 Å². The van der Waals surface area contributed by atoms with E-state index in [4.69, 9.17) is 0 Å². The highest BCUT2D eigenvalue weighted by atomic mass is 79.9. The number of halogens is 1. The molecule has 4 nitrogen and oxygen atoms in total. The number of esters is 1. The predicted octanol–water partition coefficient (Wildman–Crippen LogP) is 3.47. The van der Waals surface area contributed by atoms with Gasteiger partial charge < -0.3 is 9.64 Å². The summed E-state index contributed by atoms with van der Waals surface area (Å²) in [7, 11) is 1.32. The molecule has 0 heterocycles. The quantitative estimate of drug-likeness (QED) is 0.402. The number of hydrogen-bond donors (Lipinski definition) is 0. The molecule has 0 aliphatic heterocycles. The van der Waals surface area contributed by atoms with E-state index in [1.54, 1.807) is 11.0 Å². The van der Waals surface area contributed by atoms with E-state index in [1.807, 2.05) is 24.3 Å². The molecule has 0 radical (unpaired) electrons. The van der Waals surface area contributed by atoms with E-state index in [2.05, 4.69) is 33.8 Å². The first-order chi connectivity index (χ1) is 10.5. The van der Waals surface area contributed by atoms with Crippen LogP contribution in [0.1, 0.15) is 18.4 Å². The van der Waals surface area contributed by atoms with Crippen LogP contribution in [0.25, 0.3) is 0 Å². The molecule has 22 heavy (non-hydrogen) atoms. The first-order valence-corrected chi connectivity index (χ1v) is 7.66. The van der Waals surface area contributed by atoms with Crippen molar-refractivity contribution in [2.45, 2.75) is 19.4 Å². The molecule has 0 atom stereocenters. The Bertz CT molecular complexity index is 569. The van der Waals surface area contributed by atoms with Gasteiger partial charge in [-0.3, -0.25) is 9.59 Å². The molecule has 1 amide bonds. The third-order valence-electron chi connectivity index (χ3n) is 3.06. The first-order valence-electron chi connectivity index (χ1n) is 6.87. The lowest BCUT2D eigenvalue weighted by molar-refractivity contribution is -0.140. The molecule has 0 aliphatic carbocycles. The summed E-state index contributed by atoms with van der Waals surface area (Å²) in [6.45, 7) is 8.34. The Morgan fingerprint density at radius 3 is 2.68 bits per heavy atom. The molecule has 0 aliphatic rings. The van der Waals surface area contributed by atoms with Gasteiger partial charge in [0.05, 0.1) is 7.11 Å². The van der Waals surface area contributed by atoms with Gasteiger partial charge in [-0.25, -0.2) is 0 Å². The fourth-order valence-electron chi connectivity index (χ4n) is 1.92. The van der Waals surface area contributed by atoms with E-state index >= 15 is 0 Å². The monoisotopic (exact) mass is 365 g/mol. The third kappa shape index (κ3) is 5.85. The van der Waals surface area contributed by atoms with Gasteiger partial charge in [0, 0.05) is 29.6 Å². The van der Waals surface area contributed by atoms with Crippen molar-refractivity contribution in [3.05, 3.63) is 59.1 Å². The van der Waals surface area contributed by atoms with Crippen molar-refractivity contribution in [3.8, 4) is 0 Å². The van der Waals surface area contributed by atoms with Gasteiger partial charge in [0.15, 0.2) is 0 Å². The Hall–Kier alpha value is -1.88. The number of methoxy groups -OCH3 is 1. The summed E-state index contributed by atoms with van der Waals surface area (Å²) in [5.74, 6) is -0.528. The lowest BCUT2D eigenvalue weighted by atomic mass is 10.1. The van der Waals surface area contributed by atoms with E-state index in [1.165, 1.54) is 7.11 Å². The highest BCUT2D eigenvalue weighted by molar-refractivity contribution is 9.10. The van der Waals surface area contributed by atoms with Gasteiger partial charge in [0.25, 0.3) is 0 Å². The van der Waals surface area contributed by atoms with Gasteiger partial charge in [-0.2, -0.15) is 0 Å². The fraction of sp³-hybridized carbons (Fsp3) is 0.294. The van der Waals surface area contributed by atoms with Crippen LogP contribution in [0.2, 0.25) is 0 Å². The second-order valence-electron chi connectivity index (χ2n) is 4.78. The average Bonchev–Trinajstić information content (AvgIpc) is 2.51. The number of hydrogen-bond acceptors (Lipinski definition) is 3. The Morgan fingerprint density at radius 2 is 2.09 bits per heavy atom. The SMILES string of the molecule is C=CCN(Cc1cccc(Br)c1)C(=O)C(=C)CCC(=O)OC. The first kappa shape index (κ1) is 18.2. The van der Waals surface area contributed by atoms with Crippen LogP contribution in [0.5, 0.6) is 0 Å². The number of carbonyl (C=O) groups is 2. The lowest BCUT2D eigenvalue weighted by Gasteiger charge is -2.22. The molecule has 0 saturated carbocycles. The van der Waals surface area contributed by atoms with Gasteiger partial charge >= 0.3 is 5.97 Å². The Labute approximate surface area is 139 Å². The second kappa shape index (κ2) is 9.20. The largest absolute Gasteiger partial charge is 0.469 e. The molecule has 1 rings (SSSR count). The molecule has 0 spiro atoms. The summed E-state index contributed by atoms with van der Waals surface area (Å²) in [6, 6.07) is 7.76. The molecule has 1 aromatic rings. The number of carbonyl (C=O) groups excluding carboxylic acids is 2. The molecule has 5 heteroatoms. The molecule has 0 bridgehead atoms. The Kier molecular flexibility index (Phi) is 7.60. The zero-order chi connectivity index (χ0) is 16.5. The summed E-state index contributed by atoms with van der Waals surface area (Å²) in [5, 5.41) is 0. The lowest BCUT2D eigenvalue weighted by Crippen LogP contribution is -2.31. The molecular formula is C17H20BrNO3. The van der Waals surface area contributed by atoms with Crippen LogP contribution in [0, 0.1) is 0 Å². The van der Waals surface area contributed by atoms with Crippen molar-refractivity contribution in [1.29, 1.82) is 0 Å². The highest BCUT2D eigenvalue weighted by Crippen LogP contribution is 2.16. The van der Waals surface area contributed by atoms with Gasteiger partial charge in [-0.15, -0.1) is 6.58 Å². The summed E-state index contributed by atoms with van der Waals surface area (Å²) in [4.78, 5) is 25.2. The average molecular weight is 366 g/mol. The minimum Gasteiger partial charge on any atom is -0.469 e. The second-order valence-corrected chi connectivity index (χ2v) is 5.70. The van der Waals surface area contributed by atoms with E-state index < -0.39 is 0 Å². The maximum Gasteiger partial charge on any atom is 0.305 e. The highest BCUT2D eigenvalue weighted by Gasteiger charge is 2.17. The van der Waals surface area contributed by atoms with Crippen molar-refractivity contribution >= 4 is 27.8 Å². The molecule has 0 fully saturated rings. The van der Waals surface area contributed by atoms with E-state index in [9.17, 15) is 9.59 Å². The molecule has 0 N–H and O–H groups in total. The van der Waals surface area contributed by atoms with Crippen LogP contribution in [-0.4, -0.2) is 30.4 Å².